The Morgan fingerprint density at radius 2 is 1.90 bits per heavy atom. The molecule has 7 nitrogen and oxygen atoms in total. The van der Waals surface area contributed by atoms with E-state index in [4.69, 9.17) is 14.6 Å². The molecule has 1 aliphatic heterocycles. The van der Waals surface area contributed by atoms with Gasteiger partial charge in [0.05, 0.1) is 0 Å². The Bertz CT molecular complexity index is 645. The first-order valence-electron chi connectivity index (χ1n) is 6.21. The van der Waals surface area contributed by atoms with Crippen molar-refractivity contribution in [3.63, 3.8) is 0 Å². The lowest BCUT2D eigenvalue weighted by Crippen LogP contribution is -2.26. The minimum atomic E-state index is -3.75. The average molecular weight is 380 g/mol. The van der Waals surface area contributed by atoms with Gasteiger partial charge in [-0.05, 0) is 28.4 Å². The second-order valence-electron chi connectivity index (χ2n) is 4.32. The van der Waals surface area contributed by atoms with E-state index in [1.165, 1.54) is 6.07 Å². The Kier molecular flexibility index (Phi) is 5.07. The Balaban J connectivity index is 2.14. The average Bonchev–Trinajstić information content (AvgIpc) is 2.42. The summed E-state index contributed by atoms with van der Waals surface area (Å²) in [5.74, 6) is -0.108. The summed E-state index contributed by atoms with van der Waals surface area (Å²) in [6.45, 7) is 0.828. The highest BCUT2D eigenvalue weighted by Gasteiger charge is 2.22. The number of carboxylic acid groups (broad SMARTS) is 1. The van der Waals surface area contributed by atoms with Gasteiger partial charge in [0.15, 0.2) is 11.5 Å². The van der Waals surface area contributed by atoms with Crippen molar-refractivity contribution in [3.8, 4) is 11.5 Å². The van der Waals surface area contributed by atoms with E-state index in [9.17, 15) is 13.2 Å². The van der Waals surface area contributed by atoms with Crippen LogP contribution in [0.1, 0.15) is 12.8 Å². The molecule has 1 aliphatic rings. The first kappa shape index (κ1) is 16.1. The number of hydrogen-bond donors (Lipinski definition) is 2. The van der Waals surface area contributed by atoms with E-state index < -0.39 is 16.0 Å². The van der Waals surface area contributed by atoms with Crippen molar-refractivity contribution >= 4 is 31.9 Å². The maximum atomic E-state index is 12.2. The molecule has 0 fully saturated rings. The van der Waals surface area contributed by atoms with Crippen LogP contribution >= 0.6 is 15.9 Å². The number of sulfonamides is 1. The van der Waals surface area contributed by atoms with Crippen LogP contribution in [0.3, 0.4) is 0 Å². The van der Waals surface area contributed by atoms with Crippen LogP contribution in [0, 0.1) is 0 Å². The van der Waals surface area contributed by atoms with Crippen molar-refractivity contribution in [2.75, 3.05) is 19.8 Å². The summed E-state index contributed by atoms with van der Waals surface area (Å²) < 4.78 is 37.8. The van der Waals surface area contributed by atoms with Gasteiger partial charge in [0, 0.05) is 23.5 Å². The summed E-state index contributed by atoms with van der Waals surface area (Å²) in [4.78, 5) is 10.4. The van der Waals surface area contributed by atoms with Gasteiger partial charge in [-0.2, -0.15) is 0 Å². The molecule has 2 N–H and O–H groups in total. The van der Waals surface area contributed by atoms with E-state index in [0.717, 1.165) is 0 Å². The molecule has 0 radical (unpaired) electrons. The SMILES string of the molecule is O=C(O)CCCNS(=O)(=O)c1cc2c(cc1Br)OCCO2. The Morgan fingerprint density at radius 1 is 1.29 bits per heavy atom. The fourth-order valence-electron chi connectivity index (χ4n) is 1.78. The maximum Gasteiger partial charge on any atom is 0.303 e. The van der Waals surface area contributed by atoms with Gasteiger partial charge in [0.1, 0.15) is 18.1 Å². The number of carbonyl (C=O) groups is 1. The quantitative estimate of drug-likeness (QED) is 0.723. The molecule has 0 amide bonds. The molecule has 0 bridgehead atoms. The lowest BCUT2D eigenvalue weighted by Gasteiger charge is -2.20. The van der Waals surface area contributed by atoms with Gasteiger partial charge in [0.2, 0.25) is 10.0 Å². The van der Waals surface area contributed by atoms with E-state index in [0.29, 0.717) is 29.2 Å². The molecule has 0 saturated heterocycles. The van der Waals surface area contributed by atoms with Crippen molar-refractivity contribution in [3.05, 3.63) is 16.6 Å². The smallest absolute Gasteiger partial charge is 0.303 e. The monoisotopic (exact) mass is 379 g/mol. The molecule has 1 aromatic rings. The van der Waals surface area contributed by atoms with Crippen molar-refractivity contribution < 1.29 is 27.8 Å². The molecule has 1 heterocycles. The second kappa shape index (κ2) is 6.63. The summed E-state index contributed by atoms with van der Waals surface area (Å²) >= 11 is 3.19. The highest BCUT2D eigenvalue weighted by Crippen LogP contribution is 2.37. The first-order chi connectivity index (χ1) is 9.90. The van der Waals surface area contributed by atoms with E-state index in [2.05, 4.69) is 20.7 Å². The Hall–Kier alpha value is -1.32. The normalized spacial score (nSPS) is 14.0. The number of benzene rings is 1. The number of rotatable bonds is 6. The number of hydrogen-bond acceptors (Lipinski definition) is 5. The molecule has 9 heteroatoms. The first-order valence-corrected chi connectivity index (χ1v) is 8.48. The van der Waals surface area contributed by atoms with Gasteiger partial charge >= 0.3 is 5.97 Å². The molecule has 0 aliphatic carbocycles. The highest BCUT2D eigenvalue weighted by molar-refractivity contribution is 9.10. The molecule has 0 spiro atoms. The number of carboxylic acids is 1. The summed E-state index contributed by atoms with van der Waals surface area (Å²) in [5, 5.41) is 8.52. The number of ether oxygens (including phenoxy) is 2. The van der Waals surface area contributed by atoms with Crippen LogP contribution in [0.25, 0.3) is 0 Å². The lowest BCUT2D eigenvalue weighted by atomic mass is 10.3. The number of nitrogens with one attached hydrogen (secondary N) is 1. The fraction of sp³-hybridized carbons (Fsp3) is 0.417. The molecule has 0 atom stereocenters. The van der Waals surface area contributed by atoms with Crippen LogP contribution in [-0.4, -0.2) is 39.3 Å². The highest BCUT2D eigenvalue weighted by atomic mass is 79.9. The van der Waals surface area contributed by atoms with Crippen LogP contribution in [-0.2, 0) is 14.8 Å². The summed E-state index contributed by atoms with van der Waals surface area (Å²) in [5.41, 5.74) is 0. The summed E-state index contributed by atoms with van der Waals surface area (Å²) in [6.07, 6.45) is 0.127. The molecule has 1 aromatic carbocycles. The molecular weight excluding hydrogens is 366 g/mol. The molecule has 0 unspecified atom stereocenters. The Labute approximate surface area is 130 Å². The van der Waals surface area contributed by atoms with Crippen LogP contribution in [0.2, 0.25) is 0 Å². The standard InChI is InChI=1S/C12H14BrNO6S/c13-8-6-9-10(20-5-4-19-9)7-11(8)21(17,18)14-3-1-2-12(15)16/h6-7,14H,1-5H2,(H,15,16). The van der Waals surface area contributed by atoms with Gasteiger partial charge < -0.3 is 14.6 Å². The van der Waals surface area contributed by atoms with Crippen molar-refractivity contribution in [2.45, 2.75) is 17.7 Å². The van der Waals surface area contributed by atoms with E-state index in [1.807, 2.05) is 0 Å². The predicted molar refractivity (Wildman–Crippen MR) is 77.2 cm³/mol. The predicted octanol–water partition coefficient (Wildman–Crippen LogP) is 1.36. The minimum Gasteiger partial charge on any atom is -0.486 e. The van der Waals surface area contributed by atoms with Gasteiger partial charge in [-0.1, -0.05) is 0 Å². The van der Waals surface area contributed by atoms with Crippen LogP contribution in [0.4, 0.5) is 0 Å². The van der Waals surface area contributed by atoms with Gasteiger partial charge in [-0.3, -0.25) is 4.79 Å². The van der Waals surface area contributed by atoms with Crippen molar-refractivity contribution in [1.29, 1.82) is 0 Å². The van der Waals surface area contributed by atoms with Crippen LogP contribution in [0.5, 0.6) is 11.5 Å². The fourth-order valence-corrected chi connectivity index (χ4v) is 3.88. The third-order valence-electron chi connectivity index (χ3n) is 2.75. The number of aliphatic carboxylic acids is 1. The maximum absolute atomic E-state index is 12.2. The molecule has 0 aromatic heterocycles. The zero-order valence-corrected chi connectivity index (χ0v) is 13.4. The zero-order chi connectivity index (χ0) is 15.5. The van der Waals surface area contributed by atoms with E-state index >= 15 is 0 Å². The molecular formula is C12H14BrNO6S. The summed E-state index contributed by atoms with van der Waals surface area (Å²) in [7, 11) is -3.75. The number of fused-ring (bicyclic) bond motifs is 1. The third-order valence-corrected chi connectivity index (χ3v) is 5.17. The van der Waals surface area contributed by atoms with Crippen molar-refractivity contribution in [1.82, 2.24) is 4.72 Å². The number of halogens is 1. The summed E-state index contributed by atoms with van der Waals surface area (Å²) in [6, 6.07) is 2.93. The third kappa shape index (κ3) is 4.08. The van der Waals surface area contributed by atoms with E-state index in [-0.39, 0.29) is 24.3 Å². The van der Waals surface area contributed by atoms with Gasteiger partial charge in [0.25, 0.3) is 0 Å². The van der Waals surface area contributed by atoms with Gasteiger partial charge in [-0.25, -0.2) is 13.1 Å². The van der Waals surface area contributed by atoms with Gasteiger partial charge in [-0.15, -0.1) is 0 Å². The van der Waals surface area contributed by atoms with Crippen LogP contribution < -0.4 is 14.2 Å². The molecule has 116 valence electrons. The van der Waals surface area contributed by atoms with E-state index in [1.54, 1.807) is 6.07 Å². The van der Waals surface area contributed by atoms with Crippen molar-refractivity contribution in [2.24, 2.45) is 0 Å². The molecule has 0 saturated carbocycles. The minimum absolute atomic E-state index is 0.0297. The lowest BCUT2D eigenvalue weighted by molar-refractivity contribution is -0.137. The Morgan fingerprint density at radius 3 is 2.52 bits per heavy atom. The molecule has 21 heavy (non-hydrogen) atoms. The zero-order valence-electron chi connectivity index (χ0n) is 11.0. The largest absolute Gasteiger partial charge is 0.486 e. The second-order valence-corrected chi connectivity index (χ2v) is 6.91. The molecule has 2 rings (SSSR count). The topological polar surface area (TPSA) is 102 Å². The van der Waals surface area contributed by atoms with Crippen LogP contribution in [0.15, 0.2) is 21.5 Å².